The van der Waals surface area contributed by atoms with E-state index in [1.54, 1.807) is 0 Å². The molecule has 37 heavy (non-hydrogen) atoms. The Morgan fingerprint density at radius 2 is 1.11 bits per heavy atom. The fourth-order valence-corrected chi connectivity index (χ4v) is 9.36. The second-order valence-electron chi connectivity index (χ2n) is 12.8. The first-order valence-electron chi connectivity index (χ1n) is 13.3. The zero-order valence-electron chi connectivity index (χ0n) is 23.5. The minimum atomic E-state index is -0.700. The summed E-state index contributed by atoms with van der Waals surface area (Å²) < 4.78 is 0. The topological polar surface area (TPSA) is 0 Å². The van der Waals surface area contributed by atoms with E-state index in [1.807, 2.05) is 11.8 Å². The Bertz CT molecular complexity index is 1380. The third-order valence-electron chi connectivity index (χ3n) is 7.61. The monoisotopic (exact) mass is 522 g/mol. The van der Waals surface area contributed by atoms with E-state index in [9.17, 15) is 0 Å². The van der Waals surface area contributed by atoms with E-state index in [4.69, 9.17) is 0 Å². The molecule has 0 amide bonds. The van der Waals surface area contributed by atoms with Crippen LogP contribution in [0.4, 0.5) is 0 Å². The summed E-state index contributed by atoms with van der Waals surface area (Å²) >= 11 is 1.98. The minimum Gasteiger partial charge on any atom is -0.0888 e. The molecule has 0 spiro atoms. The van der Waals surface area contributed by atoms with Crippen molar-refractivity contribution >= 4 is 35.6 Å². The zero-order valence-corrected chi connectivity index (χ0v) is 25.2. The van der Waals surface area contributed by atoms with Crippen LogP contribution >= 0.6 is 19.7 Å². The molecule has 0 N–H and O–H groups in total. The lowest BCUT2D eigenvalue weighted by atomic mass is 9.73. The van der Waals surface area contributed by atoms with Crippen LogP contribution in [0.25, 0.3) is 0 Å². The van der Waals surface area contributed by atoms with E-state index in [0.29, 0.717) is 0 Å². The Balaban J connectivity index is 1.81. The number of rotatable bonds is 3. The number of hydrogen-bond acceptors (Lipinski definition) is 1. The molecule has 1 aliphatic rings. The standard InChI is InChI=1S/C35H39PS/c1-33(2,3)24-19-20-31-28(21-24)35(7,8)29-22-25(34(4,5)6)23-30(32(29)37-31)36(26-15-11-9-12-16-26)27-17-13-10-14-18-27/h9-23H,1-8H3. The first-order chi connectivity index (χ1) is 17.4. The van der Waals surface area contributed by atoms with Crippen LogP contribution in [-0.2, 0) is 16.2 Å². The molecule has 0 aromatic heterocycles. The number of fused-ring (bicyclic) bond motifs is 2. The van der Waals surface area contributed by atoms with Crippen LogP contribution in [0.15, 0.2) is 101 Å². The SMILES string of the molecule is CC(C)(C)c1ccc2c(c1)C(C)(C)c1cc(C(C)(C)C)cc(P(c3ccccc3)c3ccccc3)c1S2. The summed E-state index contributed by atoms with van der Waals surface area (Å²) in [6, 6.07) is 34.5. The van der Waals surface area contributed by atoms with E-state index < -0.39 is 7.92 Å². The van der Waals surface area contributed by atoms with Gasteiger partial charge < -0.3 is 0 Å². The normalized spacial score (nSPS) is 14.8. The van der Waals surface area contributed by atoms with Crippen LogP contribution < -0.4 is 15.9 Å². The molecule has 0 atom stereocenters. The largest absolute Gasteiger partial charge is 0.0888 e. The van der Waals surface area contributed by atoms with Crippen molar-refractivity contribution in [2.45, 2.75) is 81.4 Å². The Morgan fingerprint density at radius 1 is 0.595 bits per heavy atom. The number of hydrogen-bond donors (Lipinski definition) is 0. The van der Waals surface area contributed by atoms with Crippen LogP contribution in [-0.4, -0.2) is 0 Å². The van der Waals surface area contributed by atoms with Crippen molar-refractivity contribution in [2.75, 3.05) is 0 Å². The lowest BCUT2D eigenvalue weighted by molar-refractivity contribution is 0.565. The molecule has 0 nitrogen and oxygen atoms in total. The smallest absolute Gasteiger partial charge is 0.0247 e. The van der Waals surface area contributed by atoms with Crippen molar-refractivity contribution in [3.63, 3.8) is 0 Å². The molecule has 1 aliphatic heterocycles. The molecular weight excluding hydrogens is 483 g/mol. The van der Waals surface area contributed by atoms with Gasteiger partial charge in [0.1, 0.15) is 0 Å². The lowest BCUT2D eigenvalue weighted by Crippen LogP contribution is -2.32. The van der Waals surface area contributed by atoms with Gasteiger partial charge in [-0.05, 0) is 69.1 Å². The van der Waals surface area contributed by atoms with Crippen molar-refractivity contribution in [1.82, 2.24) is 0 Å². The molecule has 0 fully saturated rings. The summed E-state index contributed by atoms with van der Waals surface area (Å²) in [5.74, 6) is 0. The fraction of sp³-hybridized carbons (Fsp3) is 0.314. The molecule has 0 saturated carbocycles. The molecule has 2 heteroatoms. The van der Waals surface area contributed by atoms with Gasteiger partial charge in [0.25, 0.3) is 0 Å². The van der Waals surface area contributed by atoms with E-state index >= 15 is 0 Å². The Kier molecular flexibility index (Phi) is 6.71. The first-order valence-corrected chi connectivity index (χ1v) is 15.5. The van der Waals surface area contributed by atoms with Gasteiger partial charge in [-0.15, -0.1) is 0 Å². The van der Waals surface area contributed by atoms with Gasteiger partial charge in [0, 0.05) is 15.2 Å². The van der Waals surface area contributed by atoms with Gasteiger partial charge in [-0.2, -0.15) is 0 Å². The molecule has 0 aliphatic carbocycles. The summed E-state index contributed by atoms with van der Waals surface area (Å²) in [6.45, 7) is 18.8. The number of benzene rings is 4. The molecule has 0 bridgehead atoms. The lowest BCUT2D eigenvalue weighted by Gasteiger charge is -2.39. The van der Waals surface area contributed by atoms with E-state index in [-0.39, 0.29) is 16.2 Å². The van der Waals surface area contributed by atoms with Gasteiger partial charge in [-0.1, -0.05) is 146 Å². The van der Waals surface area contributed by atoms with Crippen LogP contribution in [0.5, 0.6) is 0 Å². The second kappa shape index (κ2) is 9.44. The van der Waals surface area contributed by atoms with Crippen molar-refractivity contribution in [3.05, 3.63) is 113 Å². The van der Waals surface area contributed by atoms with Crippen LogP contribution in [0.1, 0.15) is 77.6 Å². The van der Waals surface area contributed by atoms with Crippen molar-refractivity contribution in [3.8, 4) is 0 Å². The molecule has 5 rings (SSSR count). The van der Waals surface area contributed by atoms with Crippen molar-refractivity contribution in [2.24, 2.45) is 0 Å². The van der Waals surface area contributed by atoms with Gasteiger partial charge >= 0.3 is 0 Å². The zero-order chi connectivity index (χ0) is 26.6. The molecule has 0 saturated heterocycles. The quantitative estimate of drug-likeness (QED) is 0.242. The highest BCUT2D eigenvalue weighted by molar-refractivity contribution is 8.00. The average Bonchev–Trinajstić information content (AvgIpc) is 2.84. The average molecular weight is 523 g/mol. The molecule has 190 valence electrons. The Hall–Kier alpha value is -2.34. The highest BCUT2D eigenvalue weighted by Gasteiger charge is 2.38. The highest BCUT2D eigenvalue weighted by Crippen LogP contribution is 2.53. The van der Waals surface area contributed by atoms with E-state index in [1.165, 1.54) is 48.0 Å². The maximum Gasteiger partial charge on any atom is 0.0247 e. The second-order valence-corrected chi connectivity index (χ2v) is 16.1. The Morgan fingerprint density at radius 3 is 1.62 bits per heavy atom. The maximum atomic E-state index is 2.53. The first kappa shape index (κ1) is 26.3. The van der Waals surface area contributed by atoms with Gasteiger partial charge in [0.05, 0.1) is 0 Å². The van der Waals surface area contributed by atoms with Gasteiger partial charge in [0.2, 0.25) is 0 Å². The highest BCUT2D eigenvalue weighted by atomic mass is 32.2. The molecular formula is C35H39PS. The molecule has 4 aromatic rings. The fourth-order valence-electron chi connectivity index (χ4n) is 5.19. The minimum absolute atomic E-state index is 0.0619. The molecule has 0 unspecified atom stereocenters. The van der Waals surface area contributed by atoms with Gasteiger partial charge in [0.15, 0.2) is 0 Å². The third kappa shape index (κ3) is 4.94. The molecule has 4 aromatic carbocycles. The van der Waals surface area contributed by atoms with Crippen LogP contribution in [0.2, 0.25) is 0 Å². The maximum absolute atomic E-state index is 2.53. The summed E-state index contributed by atoms with van der Waals surface area (Å²) in [6.07, 6.45) is 0. The Labute approximate surface area is 229 Å². The van der Waals surface area contributed by atoms with E-state index in [2.05, 4.69) is 146 Å². The predicted octanol–water partition coefficient (Wildman–Crippen LogP) is 8.83. The summed E-state index contributed by atoms with van der Waals surface area (Å²) in [7, 11) is -0.700. The molecule has 1 heterocycles. The summed E-state index contributed by atoms with van der Waals surface area (Å²) in [5.41, 5.74) is 5.87. The van der Waals surface area contributed by atoms with Gasteiger partial charge in [-0.3, -0.25) is 0 Å². The molecule has 0 radical (unpaired) electrons. The van der Waals surface area contributed by atoms with Gasteiger partial charge in [-0.25, -0.2) is 0 Å². The van der Waals surface area contributed by atoms with Crippen molar-refractivity contribution < 1.29 is 0 Å². The van der Waals surface area contributed by atoms with Crippen LogP contribution in [0.3, 0.4) is 0 Å². The van der Waals surface area contributed by atoms with Crippen LogP contribution in [0, 0.1) is 0 Å². The van der Waals surface area contributed by atoms with Crippen molar-refractivity contribution in [1.29, 1.82) is 0 Å². The third-order valence-corrected chi connectivity index (χ3v) is 11.4. The summed E-state index contributed by atoms with van der Waals surface area (Å²) in [4.78, 5) is 2.85. The van der Waals surface area contributed by atoms with E-state index in [0.717, 1.165) is 0 Å². The predicted molar refractivity (Wildman–Crippen MR) is 165 cm³/mol. The summed E-state index contributed by atoms with van der Waals surface area (Å²) in [5, 5.41) is 4.30.